The van der Waals surface area contributed by atoms with Crippen molar-refractivity contribution in [2.45, 2.75) is 19.4 Å². The van der Waals surface area contributed by atoms with E-state index in [2.05, 4.69) is 5.32 Å². The number of carbonyl (C=O) groups is 2. The van der Waals surface area contributed by atoms with Crippen molar-refractivity contribution in [3.05, 3.63) is 30.1 Å². The Morgan fingerprint density at radius 3 is 2.71 bits per heavy atom. The number of hydrogen-bond acceptors (Lipinski definition) is 3. The number of halogens is 1. The van der Waals surface area contributed by atoms with E-state index in [1.807, 2.05) is 0 Å². The summed E-state index contributed by atoms with van der Waals surface area (Å²) >= 11 is 0. The highest BCUT2D eigenvalue weighted by molar-refractivity contribution is 5.79. The molecule has 4 nitrogen and oxygen atoms in total. The van der Waals surface area contributed by atoms with Crippen LogP contribution < -0.4 is 10.1 Å². The highest BCUT2D eigenvalue weighted by Crippen LogP contribution is 2.10. The molecule has 1 rings (SSSR count). The van der Waals surface area contributed by atoms with Gasteiger partial charge in [0.2, 0.25) is 5.91 Å². The largest absolute Gasteiger partial charge is 0.493 e. The molecule has 1 aromatic carbocycles. The van der Waals surface area contributed by atoms with Crippen LogP contribution in [0, 0.1) is 5.82 Å². The van der Waals surface area contributed by atoms with Gasteiger partial charge in [-0.25, -0.2) is 4.39 Å². The average Bonchev–Trinajstić information content (AvgIpc) is 2.31. The van der Waals surface area contributed by atoms with E-state index in [0.717, 1.165) is 0 Å². The Morgan fingerprint density at radius 2 is 2.12 bits per heavy atom. The SMILES string of the molecule is C[C@@H](C=O)NC(=O)CCOc1ccc(F)cc1. The predicted octanol–water partition coefficient (Wildman–Crippen LogP) is 1.30. The van der Waals surface area contributed by atoms with Crippen molar-refractivity contribution in [1.82, 2.24) is 5.32 Å². The van der Waals surface area contributed by atoms with Gasteiger partial charge in [0.1, 0.15) is 17.9 Å². The van der Waals surface area contributed by atoms with E-state index < -0.39 is 6.04 Å². The van der Waals surface area contributed by atoms with Gasteiger partial charge in [0, 0.05) is 0 Å². The van der Waals surface area contributed by atoms with Gasteiger partial charge in [-0.15, -0.1) is 0 Å². The number of benzene rings is 1. The third kappa shape index (κ3) is 5.10. The van der Waals surface area contributed by atoms with Gasteiger partial charge >= 0.3 is 0 Å². The fraction of sp³-hybridized carbons (Fsp3) is 0.333. The molecule has 0 aliphatic carbocycles. The number of aldehydes is 1. The lowest BCUT2D eigenvalue weighted by molar-refractivity contribution is -0.124. The molecule has 0 saturated heterocycles. The van der Waals surface area contributed by atoms with Gasteiger partial charge in [-0.2, -0.15) is 0 Å². The van der Waals surface area contributed by atoms with E-state index in [1.54, 1.807) is 6.92 Å². The van der Waals surface area contributed by atoms with Gasteiger partial charge in [-0.3, -0.25) is 4.79 Å². The monoisotopic (exact) mass is 239 g/mol. The van der Waals surface area contributed by atoms with Crippen LogP contribution in [0.4, 0.5) is 4.39 Å². The first kappa shape index (κ1) is 13.2. The molecule has 0 spiro atoms. The molecule has 1 aromatic rings. The molecule has 5 heteroatoms. The summed E-state index contributed by atoms with van der Waals surface area (Å²) in [7, 11) is 0. The smallest absolute Gasteiger partial charge is 0.223 e. The van der Waals surface area contributed by atoms with Gasteiger partial charge < -0.3 is 14.8 Å². The van der Waals surface area contributed by atoms with Crippen molar-refractivity contribution >= 4 is 12.2 Å². The molecule has 0 aliphatic heterocycles. The first-order valence-corrected chi connectivity index (χ1v) is 5.25. The van der Waals surface area contributed by atoms with E-state index in [1.165, 1.54) is 24.3 Å². The Kier molecular flexibility index (Phi) is 5.13. The highest BCUT2D eigenvalue weighted by atomic mass is 19.1. The first-order chi connectivity index (χ1) is 8.11. The lowest BCUT2D eigenvalue weighted by atomic mass is 10.3. The Labute approximate surface area is 98.8 Å². The van der Waals surface area contributed by atoms with E-state index in [4.69, 9.17) is 4.74 Å². The summed E-state index contributed by atoms with van der Waals surface area (Å²) in [4.78, 5) is 21.5. The van der Waals surface area contributed by atoms with Crippen LogP contribution >= 0.6 is 0 Å². The quantitative estimate of drug-likeness (QED) is 0.761. The molecule has 1 N–H and O–H groups in total. The van der Waals surface area contributed by atoms with Crippen molar-refractivity contribution in [2.24, 2.45) is 0 Å². The zero-order valence-electron chi connectivity index (χ0n) is 9.48. The maximum absolute atomic E-state index is 12.6. The van der Waals surface area contributed by atoms with Crippen LogP contribution in [0.3, 0.4) is 0 Å². The molecule has 1 atom stereocenters. The predicted molar refractivity (Wildman–Crippen MR) is 60.2 cm³/mol. The summed E-state index contributed by atoms with van der Waals surface area (Å²) in [6, 6.07) is 5.05. The van der Waals surface area contributed by atoms with Crippen molar-refractivity contribution in [3.8, 4) is 5.75 Å². The van der Waals surface area contributed by atoms with Crippen molar-refractivity contribution < 1.29 is 18.7 Å². The lowest BCUT2D eigenvalue weighted by Crippen LogP contribution is -2.34. The van der Waals surface area contributed by atoms with Crippen LogP contribution in [-0.2, 0) is 9.59 Å². The van der Waals surface area contributed by atoms with Crippen molar-refractivity contribution in [1.29, 1.82) is 0 Å². The molecular formula is C12H14FNO3. The molecule has 0 aromatic heterocycles. The summed E-state index contributed by atoms with van der Waals surface area (Å²) < 4.78 is 17.8. The normalized spacial score (nSPS) is 11.6. The van der Waals surface area contributed by atoms with E-state index in [0.29, 0.717) is 12.0 Å². The molecule has 1 amide bonds. The number of hydrogen-bond donors (Lipinski definition) is 1. The molecule has 0 saturated carbocycles. The summed E-state index contributed by atoms with van der Waals surface area (Å²) in [5.74, 6) is -0.0933. The zero-order chi connectivity index (χ0) is 12.7. The molecule has 0 fully saturated rings. The molecule has 92 valence electrons. The Bertz CT molecular complexity index is 378. The average molecular weight is 239 g/mol. The Morgan fingerprint density at radius 1 is 1.47 bits per heavy atom. The van der Waals surface area contributed by atoms with Gasteiger partial charge in [-0.1, -0.05) is 0 Å². The van der Waals surface area contributed by atoms with E-state index in [9.17, 15) is 14.0 Å². The summed E-state index contributed by atoms with van der Waals surface area (Å²) in [6.07, 6.45) is 0.800. The van der Waals surface area contributed by atoms with Gasteiger partial charge in [0.05, 0.1) is 19.1 Å². The minimum atomic E-state index is -0.492. The minimum Gasteiger partial charge on any atom is -0.493 e. The lowest BCUT2D eigenvalue weighted by Gasteiger charge is -2.08. The minimum absolute atomic E-state index is 0.148. The summed E-state index contributed by atoms with van der Waals surface area (Å²) in [6.45, 7) is 1.77. The van der Waals surface area contributed by atoms with Crippen LogP contribution in [0.25, 0.3) is 0 Å². The van der Waals surface area contributed by atoms with Gasteiger partial charge in [0.15, 0.2) is 0 Å². The third-order valence-corrected chi connectivity index (χ3v) is 2.00. The van der Waals surface area contributed by atoms with Crippen molar-refractivity contribution in [3.63, 3.8) is 0 Å². The number of amides is 1. The Balaban J connectivity index is 2.25. The van der Waals surface area contributed by atoms with Crippen LogP contribution in [0.15, 0.2) is 24.3 Å². The standard InChI is InChI=1S/C12H14FNO3/c1-9(8-15)14-12(16)6-7-17-11-4-2-10(13)3-5-11/h2-5,8-9H,6-7H2,1H3,(H,14,16)/t9-/m0/s1. The topological polar surface area (TPSA) is 55.4 Å². The highest BCUT2D eigenvalue weighted by Gasteiger charge is 2.05. The van der Waals surface area contributed by atoms with Gasteiger partial charge in [0.25, 0.3) is 0 Å². The molecule has 17 heavy (non-hydrogen) atoms. The number of rotatable bonds is 6. The molecule has 0 unspecified atom stereocenters. The van der Waals surface area contributed by atoms with Crippen LogP contribution in [-0.4, -0.2) is 24.8 Å². The number of ether oxygens (including phenoxy) is 1. The number of nitrogens with one attached hydrogen (secondary N) is 1. The molecule has 0 bridgehead atoms. The van der Waals surface area contributed by atoms with Crippen LogP contribution in [0.1, 0.15) is 13.3 Å². The fourth-order valence-electron chi connectivity index (χ4n) is 1.15. The second-order valence-corrected chi connectivity index (χ2v) is 3.54. The second-order valence-electron chi connectivity index (χ2n) is 3.54. The zero-order valence-corrected chi connectivity index (χ0v) is 9.48. The van der Waals surface area contributed by atoms with Gasteiger partial charge in [-0.05, 0) is 31.2 Å². The first-order valence-electron chi connectivity index (χ1n) is 5.25. The van der Waals surface area contributed by atoms with E-state index in [-0.39, 0.29) is 24.8 Å². The van der Waals surface area contributed by atoms with Crippen molar-refractivity contribution in [2.75, 3.05) is 6.61 Å². The van der Waals surface area contributed by atoms with Crippen LogP contribution in [0.5, 0.6) is 5.75 Å². The molecular weight excluding hydrogens is 225 g/mol. The fourth-order valence-corrected chi connectivity index (χ4v) is 1.15. The summed E-state index contributed by atoms with van der Waals surface area (Å²) in [5.41, 5.74) is 0. The van der Waals surface area contributed by atoms with E-state index >= 15 is 0 Å². The maximum atomic E-state index is 12.6. The molecule has 0 radical (unpaired) electrons. The molecule has 0 heterocycles. The van der Waals surface area contributed by atoms with Crippen LogP contribution in [0.2, 0.25) is 0 Å². The number of carbonyl (C=O) groups excluding carboxylic acids is 2. The summed E-state index contributed by atoms with van der Waals surface area (Å²) in [5, 5.41) is 2.48. The second kappa shape index (κ2) is 6.62. The third-order valence-electron chi connectivity index (χ3n) is 2.00. The molecule has 0 aliphatic rings. The Hall–Kier alpha value is -1.91. The maximum Gasteiger partial charge on any atom is 0.223 e.